The fraction of sp³-hybridized carbons (Fsp3) is 0.364. The summed E-state index contributed by atoms with van der Waals surface area (Å²) < 4.78 is 27.3. The summed E-state index contributed by atoms with van der Waals surface area (Å²) in [4.78, 5) is 14.5. The monoisotopic (exact) mass is 458 g/mol. The minimum atomic E-state index is -3.79. The van der Waals surface area contributed by atoms with Gasteiger partial charge in [-0.25, -0.2) is 13.2 Å². The lowest BCUT2D eigenvalue weighted by molar-refractivity contribution is 0.167. The number of rotatable bonds is 5. The van der Waals surface area contributed by atoms with E-state index >= 15 is 0 Å². The van der Waals surface area contributed by atoms with E-state index in [0.717, 1.165) is 18.4 Å². The molecule has 1 aliphatic heterocycles. The number of sulfonamides is 1. The number of amides is 2. The summed E-state index contributed by atoms with van der Waals surface area (Å²) in [6.45, 7) is 0.949. The summed E-state index contributed by atoms with van der Waals surface area (Å²) >= 11 is 5.99. The lowest BCUT2D eigenvalue weighted by Gasteiger charge is -2.35. The molecular formula is C22H23ClN4O3S. The van der Waals surface area contributed by atoms with Crippen molar-refractivity contribution in [2.45, 2.75) is 23.8 Å². The lowest BCUT2D eigenvalue weighted by atomic mass is 10.0. The van der Waals surface area contributed by atoms with Gasteiger partial charge in [0.2, 0.25) is 10.0 Å². The molecule has 0 unspecified atom stereocenters. The third-order valence-electron chi connectivity index (χ3n) is 5.75. The largest absolute Gasteiger partial charge is 0.331 e. The number of carbonyl (C=O) groups excluding carboxylic acids is 1. The van der Waals surface area contributed by atoms with E-state index in [1.54, 1.807) is 17.0 Å². The molecule has 0 bridgehead atoms. The zero-order valence-electron chi connectivity index (χ0n) is 16.9. The molecule has 1 atom stereocenters. The average Bonchev–Trinajstić information content (AvgIpc) is 3.63. The number of nitrogens with zero attached hydrogens (tertiary/aromatic N) is 3. The molecule has 2 aliphatic rings. The van der Waals surface area contributed by atoms with Gasteiger partial charge in [0, 0.05) is 31.2 Å². The number of hydrogen-bond acceptors (Lipinski definition) is 4. The molecular weight excluding hydrogens is 436 g/mol. The van der Waals surface area contributed by atoms with Gasteiger partial charge in [-0.3, -0.25) is 0 Å². The van der Waals surface area contributed by atoms with E-state index in [1.165, 1.54) is 16.4 Å². The minimum Gasteiger partial charge on any atom is -0.331 e. The quantitative estimate of drug-likeness (QED) is 0.743. The van der Waals surface area contributed by atoms with Crippen molar-refractivity contribution in [1.29, 1.82) is 5.26 Å². The van der Waals surface area contributed by atoms with Gasteiger partial charge in [0.1, 0.15) is 6.07 Å². The van der Waals surface area contributed by atoms with Gasteiger partial charge in [0.05, 0.1) is 16.5 Å². The second-order valence-electron chi connectivity index (χ2n) is 7.82. The van der Waals surface area contributed by atoms with Gasteiger partial charge in [-0.2, -0.15) is 9.57 Å². The first-order chi connectivity index (χ1) is 14.9. The van der Waals surface area contributed by atoms with Crippen LogP contribution in [-0.2, 0) is 10.0 Å². The van der Waals surface area contributed by atoms with E-state index in [-0.39, 0.29) is 48.7 Å². The van der Waals surface area contributed by atoms with Crippen LogP contribution < -0.4 is 5.32 Å². The van der Waals surface area contributed by atoms with Crippen molar-refractivity contribution < 1.29 is 13.2 Å². The van der Waals surface area contributed by atoms with Gasteiger partial charge in [-0.15, -0.1) is 0 Å². The van der Waals surface area contributed by atoms with Crippen LogP contribution in [0.2, 0.25) is 5.02 Å². The normalized spacial score (nSPS) is 18.3. The minimum absolute atomic E-state index is 0.00642. The molecule has 2 fully saturated rings. The third-order valence-corrected chi connectivity index (χ3v) is 7.96. The first-order valence-electron chi connectivity index (χ1n) is 10.2. The number of carbonyl (C=O) groups is 1. The van der Waals surface area contributed by atoms with E-state index < -0.39 is 10.0 Å². The third kappa shape index (κ3) is 4.69. The van der Waals surface area contributed by atoms with Crippen molar-refractivity contribution in [2.75, 3.05) is 26.2 Å². The van der Waals surface area contributed by atoms with Crippen LogP contribution in [-0.4, -0.2) is 49.8 Å². The molecule has 0 radical (unpaired) electrons. The predicted octanol–water partition coefficient (Wildman–Crippen LogP) is 3.38. The van der Waals surface area contributed by atoms with Gasteiger partial charge in [-0.05, 0) is 48.6 Å². The van der Waals surface area contributed by atoms with E-state index in [2.05, 4.69) is 5.32 Å². The van der Waals surface area contributed by atoms with Crippen LogP contribution in [0.3, 0.4) is 0 Å². The molecule has 0 aromatic heterocycles. The summed E-state index contributed by atoms with van der Waals surface area (Å²) in [7, 11) is -3.79. The van der Waals surface area contributed by atoms with Gasteiger partial charge in [0.25, 0.3) is 0 Å². The maximum absolute atomic E-state index is 13.0. The standard InChI is InChI=1S/C22H23ClN4O3S/c23-19-9-7-17(8-10-19)21(16-5-6-16)25-22(28)26-11-13-27(14-12-26)31(29,30)20-4-2-1-3-18(20)15-24/h1-4,7-10,16,21H,5-6,11-14H2,(H,25,28)/t21-/m1/s1. The number of halogens is 1. The molecule has 2 aromatic carbocycles. The summed E-state index contributed by atoms with van der Waals surface area (Å²) in [6.07, 6.45) is 2.13. The molecule has 0 spiro atoms. The summed E-state index contributed by atoms with van der Waals surface area (Å²) in [6, 6.07) is 15.4. The predicted molar refractivity (Wildman–Crippen MR) is 117 cm³/mol. The van der Waals surface area contributed by atoms with E-state index in [0.29, 0.717) is 10.9 Å². The Morgan fingerprint density at radius 1 is 1.06 bits per heavy atom. The summed E-state index contributed by atoms with van der Waals surface area (Å²) in [5.74, 6) is 0.411. The number of nitriles is 1. The summed E-state index contributed by atoms with van der Waals surface area (Å²) in [5, 5.41) is 13.0. The van der Waals surface area contributed by atoms with Crippen LogP contribution in [0, 0.1) is 17.2 Å². The Bertz CT molecular complexity index is 1100. The number of hydrogen-bond donors (Lipinski definition) is 1. The fourth-order valence-electron chi connectivity index (χ4n) is 3.85. The van der Waals surface area contributed by atoms with Gasteiger partial charge >= 0.3 is 6.03 Å². The second kappa shape index (κ2) is 8.87. The number of piperazine rings is 1. The van der Waals surface area contributed by atoms with Crippen molar-refractivity contribution in [3.63, 3.8) is 0 Å². The highest BCUT2D eigenvalue weighted by molar-refractivity contribution is 7.89. The Labute approximate surface area is 187 Å². The maximum Gasteiger partial charge on any atom is 0.317 e. The highest BCUT2D eigenvalue weighted by atomic mass is 35.5. The SMILES string of the molecule is N#Cc1ccccc1S(=O)(=O)N1CCN(C(=O)N[C@@H](c2ccc(Cl)cc2)C2CC2)CC1. The number of benzene rings is 2. The van der Waals surface area contributed by atoms with Gasteiger partial charge in [0.15, 0.2) is 0 Å². The molecule has 1 saturated carbocycles. The van der Waals surface area contributed by atoms with Crippen LogP contribution in [0.5, 0.6) is 0 Å². The fourth-order valence-corrected chi connectivity index (χ4v) is 5.54. The Morgan fingerprint density at radius 2 is 1.71 bits per heavy atom. The Morgan fingerprint density at radius 3 is 2.32 bits per heavy atom. The first kappa shape index (κ1) is 21.6. The molecule has 2 aromatic rings. The molecule has 31 heavy (non-hydrogen) atoms. The lowest BCUT2D eigenvalue weighted by Crippen LogP contribution is -2.53. The molecule has 1 saturated heterocycles. The van der Waals surface area contributed by atoms with Crippen molar-refractivity contribution in [3.05, 3.63) is 64.7 Å². The van der Waals surface area contributed by atoms with Crippen LogP contribution >= 0.6 is 11.6 Å². The Kier molecular flexibility index (Phi) is 6.19. The topological polar surface area (TPSA) is 93.5 Å². The molecule has 1 aliphatic carbocycles. The smallest absolute Gasteiger partial charge is 0.317 e. The van der Waals surface area contributed by atoms with Crippen molar-refractivity contribution in [3.8, 4) is 6.07 Å². The Hall–Kier alpha value is -2.60. The van der Waals surface area contributed by atoms with Crippen molar-refractivity contribution in [1.82, 2.24) is 14.5 Å². The molecule has 162 valence electrons. The van der Waals surface area contributed by atoms with Crippen molar-refractivity contribution >= 4 is 27.7 Å². The van der Waals surface area contributed by atoms with E-state index in [4.69, 9.17) is 11.6 Å². The second-order valence-corrected chi connectivity index (χ2v) is 10.2. The van der Waals surface area contributed by atoms with Crippen LogP contribution in [0.15, 0.2) is 53.4 Å². The van der Waals surface area contributed by atoms with Crippen LogP contribution in [0.1, 0.15) is 30.0 Å². The maximum atomic E-state index is 13.0. The molecule has 4 rings (SSSR count). The van der Waals surface area contributed by atoms with E-state index in [1.807, 2.05) is 30.3 Å². The molecule has 7 nitrogen and oxygen atoms in total. The average molecular weight is 459 g/mol. The summed E-state index contributed by atoms with van der Waals surface area (Å²) in [5.41, 5.74) is 1.15. The zero-order chi connectivity index (χ0) is 22.0. The van der Waals surface area contributed by atoms with Crippen LogP contribution in [0.25, 0.3) is 0 Å². The van der Waals surface area contributed by atoms with Gasteiger partial charge < -0.3 is 10.2 Å². The molecule has 9 heteroatoms. The highest BCUT2D eigenvalue weighted by Gasteiger charge is 2.36. The zero-order valence-corrected chi connectivity index (χ0v) is 18.4. The Balaban J connectivity index is 1.41. The molecule has 2 amide bonds. The van der Waals surface area contributed by atoms with Crippen molar-refractivity contribution in [2.24, 2.45) is 5.92 Å². The first-order valence-corrected chi connectivity index (χ1v) is 12.0. The van der Waals surface area contributed by atoms with Crippen LogP contribution in [0.4, 0.5) is 4.79 Å². The molecule has 1 heterocycles. The number of urea groups is 1. The van der Waals surface area contributed by atoms with Gasteiger partial charge in [-0.1, -0.05) is 35.9 Å². The van der Waals surface area contributed by atoms with E-state index in [9.17, 15) is 18.5 Å². The highest BCUT2D eigenvalue weighted by Crippen LogP contribution is 2.41. The number of nitrogens with one attached hydrogen (secondary N) is 1. The molecule has 1 N–H and O–H groups in total.